The topological polar surface area (TPSA) is 100 Å². The van der Waals surface area contributed by atoms with Crippen molar-refractivity contribution in [1.82, 2.24) is 25.4 Å². The van der Waals surface area contributed by atoms with Crippen molar-refractivity contribution >= 4 is 11.8 Å². The lowest BCUT2D eigenvalue weighted by molar-refractivity contribution is -0.140. The number of hydrogen-bond donors (Lipinski definition) is 2. The monoisotopic (exact) mass is 411 g/mol. The molecule has 1 saturated carbocycles. The number of morpholine rings is 1. The number of benzene rings is 1. The van der Waals surface area contributed by atoms with Crippen LogP contribution in [-0.4, -0.2) is 64.2 Å². The SMILES string of the molecule is O=C(Cc1n[nH]c(Cc2ccccc2)n1)NC1CCC(C(=O)N2CCOCC2)CC1. The van der Waals surface area contributed by atoms with Crippen molar-refractivity contribution < 1.29 is 14.3 Å². The first-order valence-electron chi connectivity index (χ1n) is 10.8. The van der Waals surface area contributed by atoms with Gasteiger partial charge in [0.05, 0.1) is 19.6 Å². The van der Waals surface area contributed by atoms with Gasteiger partial charge in [-0.25, -0.2) is 4.98 Å². The number of carbonyl (C=O) groups is 2. The third-order valence-electron chi connectivity index (χ3n) is 5.88. The summed E-state index contributed by atoms with van der Waals surface area (Å²) in [6, 6.07) is 10.1. The van der Waals surface area contributed by atoms with Crippen LogP contribution in [0.2, 0.25) is 0 Å². The lowest BCUT2D eigenvalue weighted by Gasteiger charge is -2.34. The summed E-state index contributed by atoms with van der Waals surface area (Å²) in [6.07, 6.45) is 4.14. The Morgan fingerprint density at radius 2 is 1.83 bits per heavy atom. The molecule has 4 rings (SSSR count). The van der Waals surface area contributed by atoms with Crippen LogP contribution in [-0.2, 0) is 27.2 Å². The maximum absolute atomic E-state index is 12.6. The van der Waals surface area contributed by atoms with E-state index in [1.165, 1.54) is 0 Å². The van der Waals surface area contributed by atoms with E-state index in [-0.39, 0.29) is 30.2 Å². The number of nitrogens with one attached hydrogen (secondary N) is 2. The minimum absolute atomic E-state index is 0.0665. The third kappa shape index (κ3) is 5.44. The number of carbonyl (C=O) groups excluding carboxylic acids is 2. The van der Waals surface area contributed by atoms with Crippen LogP contribution in [0.1, 0.15) is 42.9 Å². The smallest absolute Gasteiger partial charge is 0.227 e. The van der Waals surface area contributed by atoms with E-state index in [1.807, 2.05) is 35.2 Å². The quantitative estimate of drug-likeness (QED) is 0.750. The zero-order valence-corrected chi connectivity index (χ0v) is 17.2. The molecular weight excluding hydrogens is 382 g/mol. The third-order valence-corrected chi connectivity index (χ3v) is 5.88. The zero-order chi connectivity index (χ0) is 20.8. The van der Waals surface area contributed by atoms with Gasteiger partial charge < -0.3 is 15.0 Å². The molecule has 2 aromatic rings. The molecular formula is C22H29N5O3. The molecule has 30 heavy (non-hydrogen) atoms. The van der Waals surface area contributed by atoms with E-state index in [4.69, 9.17) is 4.74 Å². The number of rotatable bonds is 6. The van der Waals surface area contributed by atoms with E-state index >= 15 is 0 Å². The molecule has 0 radical (unpaired) electrons. The molecule has 1 aromatic heterocycles. The number of nitrogens with zero attached hydrogens (tertiary/aromatic N) is 3. The van der Waals surface area contributed by atoms with Crippen LogP contribution in [0.3, 0.4) is 0 Å². The summed E-state index contributed by atoms with van der Waals surface area (Å²) in [6.45, 7) is 2.65. The van der Waals surface area contributed by atoms with Gasteiger partial charge in [-0.15, -0.1) is 0 Å². The second-order valence-electron chi connectivity index (χ2n) is 8.09. The molecule has 8 nitrogen and oxygen atoms in total. The minimum Gasteiger partial charge on any atom is -0.378 e. The largest absolute Gasteiger partial charge is 0.378 e. The summed E-state index contributed by atoms with van der Waals surface area (Å²) >= 11 is 0. The van der Waals surface area contributed by atoms with Crippen molar-refractivity contribution in [2.75, 3.05) is 26.3 Å². The molecule has 2 aliphatic rings. The average Bonchev–Trinajstić information content (AvgIpc) is 3.21. The van der Waals surface area contributed by atoms with E-state index in [2.05, 4.69) is 20.5 Å². The van der Waals surface area contributed by atoms with Gasteiger partial charge in [-0.1, -0.05) is 30.3 Å². The molecule has 0 bridgehead atoms. The summed E-state index contributed by atoms with van der Waals surface area (Å²) in [5.74, 6) is 1.52. The normalized spacial score (nSPS) is 21.9. The lowest BCUT2D eigenvalue weighted by atomic mass is 9.85. The fraction of sp³-hybridized carbons (Fsp3) is 0.545. The summed E-state index contributed by atoms with van der Waals surface area (Å²) in [5.41, 5.74) is 1.15. The molecule has 8 heteroatoms. The maximum atomic E-state index is 12.6. The Balaban J connectivity index is 1.20. The Labute approximate surface area is 176 Å². The Kier molecular flexibility index (Phi) is 6.74. The van der Waals surface area contributed by atoms with Gasteiger partial charge in [0.25, 0.3) is 0 Å². The second-order valence-corrected chi connectivity index (χ2v) is 8.09. The highest BCUT2D eigenvalue weighted by Gasteiger charge is 2.30. The average molecular weight is 412 g/mol. The molecule has 2 amide bonds. The minimum atomic E-state index is -0.0665. The van der Waals surface area contributed by atoms with Gasteiger partial charge in [-0.2, -0.15) is 5.10 Å². The molecule has 0 unspecified atom stereocenters. The first kappa shape index (κ1) is 20.5. The molecule has 2 N–H and O–H groups in total. The predicted molar refractivity (Wildman–Crippen MR) is 111 cm³/mol. The molecule has 0 spiro atoms. The predicted octanol–water partition coefficient (Wildman–Crippen LogP) is 1.47. The van der Waals surface area contributed by atoms with E-state index in [0.717, 1.165) is 37.1 Å². The van der Waals surface area contributed by atoms with Crippen LogP contribution in [0, 0.1) is 5.92 Å². The Morgan fingerprint density at radius 1 is 1.10 bits per heavy atom. The highest BCUT2D eigenvalue weighted by molar-refractivity contribution is 5.79. The van der Waals surface area contributed by atoms with Gasteiger partial charge in [0.1, 0.15) is 5.82 Å². The number of ether oxygens (including phenoxy) is 1. The highest BCUT2D eigenvalue weighted by atomic mass is 16.5. The van der Waals surface area contributed by atoms with Crippen molar-refractivity contribution in [1.29, 1.82) is 0 Å². The number of aromatic amines is 1. The summed E-state index contributed by atoms with van der Waals surface area (Å²) in [7, 11) is 0. The van der Waals surface area contributed by atoms with Crippen molar-refractivity contribution in [3.8, 4) is 0 Å². The standard InChI is InChI=1S/C22H29N5O3/c28-21(15-20-24-19(25-26-20)14-16-4-2-1-3-5-16)23-18-8-6-17(7-9-18)22(29)27-10-12-30-13-11-27/h1-5,17-18H,6-15H2,(H,23,28)(H,24,25,26). The maximum Gasteiger partial charge on any atom is 0.227 e. The molecule has 1 aromatic carbocycles. The Morgan fingerprint density at radius 3 is 2.57 bits per heavy atom. The summed E-state index contributed by atoms with van der Waals surface area (Å²) < 4.78 is 5.32. The van der Waals surface area contributed by atoms with Gasteiger partial charge in [0.2, 0.25) is 11.8 Å². The van der Waals surface area contributed by atoms with Crippen LogP contribution < -0.4 is 5.32 Å². The highest BCUT2D eigenvalue weighted by Crippen LogP contribution is 2.26. The number of amides is 2. The van der Waals surface area contributed by atoms with Gasteiger partial charge >= 0.3 is 0 Å². The first-order chi connectivity index (χ1) is 14.7. The summed E-state index contributed by atoms with van der Waals surface area (Å²) in [4.78, 5) is 31.4. The molecule has 1 aliphatic carbocycles. The van der Waals surface area contributed by atoms with Crippen molar-refractivity contribution in [2.45, 2.75) is 44.6 Å². The van der Waals surface area contributed by atoms with Crippen LogP contribution >= 0.6 is 0 Å². The molecule has 160 valence electrons. The lowest BCUT2D eigenvalue weighted by Crippen LogP contribution is -2.46. The number of H-pyrrole nitrogens is 1. The molecule has 1 aliphatic heterocycles. The molecule has 2 fully saturated rings. The van der Waals surface area contributed by atoms with Crippen molar-refractivity contribution in [3.63, 3.8) is 0 Å². The zero-order valence-electron chi connectivity index (χ0n) is 17.2. The van der Waals surface area contributed by atoms with Crippen LogP contribution in [0.5, 0.6) is 0 Å². The van der Waals surface area contributed by atoms with E-state index in [1.54, 1.807) is 0 Å². The fourth-order valence-electron chi connectivity index (χ4n) is 4.23. The Bertz CT molecular complexity index is 839. The van der Waals surface area contributed by atoms with Crippen LogP contribution in [0.4, 0.5) is 0 Å². The molecule has 1 saturated heterocycles. The number of hydrogen-bond acceptors (Lipinski definition) is 5. The van der Waals surface area contributed by atoms with Crippen molar-refractivity contribution in [3.05, 3.63) is 47.5 Å². The van der Waals surface area contributed by atoms with Crippen LogP contribution in [0.25, 0.3) is 0 Å². The van der Waals surface area contributed by atoms with Gasteiger partial charge in [0.15, 0.2) is 5.82 Å². The van der Waals surface area contributed by atoms with E-state index in [0.29, 0.717) is 38.5 Å². The van der Waals surface area contributed by atoms with E-state index in [9.17, 15) is 9.59 Å². The molecule has 2 heterocycles. The van der Waals surface area contributed by atoms with Crippen molar-refractivity contribution in [2.24, 2.45) is 5.92 Å². The van der Waals surface area contributed by atoms with E-state index < -0.39 is 0 Å². The summed E-state index contributed by atoms with van der Waals surface area (Å²) in [5, 5.41) is 10.2. The van der Waals surface area contributed by atoms with Crippen LogP contribution in [0.15, 0.2) is 30.3 Å². The second kappa shape index (κ2) is 9.84. The number of aromatic nitrogens is 3. The first-order valence-corrected chi connectivity index (χ1v) is 10.8. The van der Waals surface area contributed by atoms with Gasteiger partial charge in [-0.05, 0) is 31.2 Å². The van der Waals surface area contributed by atoms with Gasteiger partial charge in [-0.3, -0.25) is 14.7 Å². The molecule has 0 atom stereocenters. The fourth-order valence-corrected chi connectivity index (χ4v) is 4.23. The Hall–Kier alpha value is -2.74. The van der Waals surface area contributed by atoms with Gasteiger partial charge in [0, 0.05) is 31.5 Å².